The first-order chi connectivity index (χ1) is 11.4. The molecule has 0 bridgehead atoms. The Morgan fingerprint density at radius 3 is 2.38 bits per heavy atom. The highest BCUT2D eigenvalue weighted by atomic mass is 79.9. The minimum atomic E-state index is -0.960. The summed E-state index contributed by atoms with van der Waals surface area (Å²) in [6.07, 6.45) is 3.25. The number of fused-ring (bicyclic) bond motifs is 1. The number of likely N-dealkylation sites (tertiary alicyclic amines) is 1. The fourth-order valence-corrected chi connectivity index (χ4v) is 3.85. The van der Waals surface area contributed by atoms with E-state index in [4.69, 9.17) is 0 Å². The number of benzene rings is 1. The molecule has 2 aliphatic rings. The van der Waals surface area contributed by atoms with Crippen molar-refractivity contribution in [2.24, 2.45) is 11.8 Å². The number of carbonyl (C=O) groups excluding carboxylic acids is 3. The van der Waals surface area contributed by atoms with Gasteiger partial charge in [0.05, 0.1) is 17.5 Å². The number of rotatable bonds is 3. The minimum absolute atomic E-state index is 0.0200. The number of hydrogen-bond donors (Lipinski definition) is 1. The Morgan fingerprint density at radius 1 is 1.25 bits per heavy atom. The van der Waals surface area contributed by atoms with Crippen molar-refractivity contribution in [3.05, 3.63) is 28.5 Å². The Kier molecular flexibility index (Phi) is 4.71. The molecule has 1 aliphatic carbocycles. The zero-order valence-corrected chi connectivity index (χ0v) is 14.8. The van der Waals surface area contributed by atoms with Crippen LogP contribution < -0.4 is 5.32 Å². The maximum Gasteiger partial charge on any atom is 0.247 e. The topological polar surface area (TPSA) is 66.5 Å². The molecule has 1 N–H and O–H groups in total. The molecule has 1 saturated heterocycles. The van der Waals surface area contributed by atoms with Crippen LogP contribution in [-0.4, -0.2) is 28.7 Å². The van der Waals surface area contributed by atoms with Crippen molar-refractivity contribution in [3.8, 4) is 0 Å². The Labute approximate surface area is 147 Å². The lowest BCUT2D eigenvalue weighted by Gasteiger charge is -2.22. The third-order valence-corrected chi connectivity index (χ3v) is 5.32. The van der Waals surface area contributed by atoms with E-state index in [-0.39, 0.29) is 29.3 Å². The van der Waals surface area contributed by atoms with Gasteiger partial charge in [-0.3, -0.25) is 19.3 Å². The first-order valence-electron chi connectivity index (χ1n) is 8.03. The van der Waals surface area contributed by atoms with Crippen LogP contribution in [0.5, 0.6) is 0 Å². The van der Waals surface area contributed by atoms with Gasteiger partial charge in [0, 0.05) is 4.47 Å². The van der Waals surface area contributed by atoms with E-state index < -0.39 is 17.8 Å². The van der Waals surface area contributed by atoms with Crippen LogP contribution in [0.25, 0.3) is 0 Å². The summed E-state index contributed by atoms with van der Waals surface area (Å²) in [6, 6.07) is 3.31. The maximum absolute atomic E-state index is 13.9. The van der Waals surface area contributed by atoms with Gasteiger partial charge in [-0.25, -0.2) is 4.39 Å². The maximum atomic E-state index is 13.9. The number of halogens is 2. The van der Waals surface area contributed by atoms with E-state index in [1.807, 2.05) is 0 Å². The van der Waals surface area contributed by atoms with Gasteiger partial charge >= 0.3 is 0 Å². The van der Waals surface area contributed by atoms with E-state index in [1.165, 1.54) is 19.1 Å². The average molecular weight is 397 g/mol. The van der Waals surface area contributed by atoms with Crippen molar-refractivity contribution in [1.82, 2.24) is 4.90 Å². The molecule has 1 aliphatic heterocycles. The van der Waals surface area contributed by atoms with Gasteiger partial charge in [-0.15, -0.1) is 0 Å². The highest BCUT2D eigenvalue weighted by molar-refractivity contribution is 9.10. The molecule has 0 spiro atoms. The van der Waals surface area contributed by atoms with Crippen molar-refractivity contribution >= 4 is 39.3 Å². The van der Waals surface area contributed by atoms with Crippen LogP contribution in [0, 0.1) is 17.7 Å². The van der Waals surface area contributed by atoms with Crippen molar-refractivity contribution in [2.45, 2.75) is 38.6 Å². The monoisotopic (exact) mass is 396 g/mol. The summed E-state index contributed by atoms with van der Waals surface area (Å²) in [7, 11) is 0. The molecule has 0 radical (unpaired) electrons. The molecule has 128 valence electrons. The molecular formula is C17H18BrFN2O3. The molecular weight excluding hydrogens is 379 g/mol. The van der Waals surface area contributed by atoms with E-state index >= 15 is 0 Å². The van der Waals surface area contributed by atoms with E-state index in [0.29, 0.717) is 17.3 Å². The zero-order valence-electron chi connectivity index (χ0n) is 13.2. The molecule has 1 aromatic carbocycles. The normalized spacial score (nSPS) is 24.7. The molecule has 3 rings (SSSR count). The van der Waals surface area contributed by atoms with Crippen molar-refractivity contribution in [2.75, 3.05) is 5.32 Å². The quantitative estimate of drug-likeness (QED) is 0.798. The first-order valence-corrected chi connectivity index (χ1v) is 8.82. The number of nitrogens with zero attached hydrogens (tertiary/aromatic N) is 1. The minimum Gasteiger partial charge on any atom is -0.322 e. The largest absolute Gasteiger partial charge is 0.322 e. The van der Waals surface area contributed by atoms with E-state index in [2.05, 4.69) is 21.2 Å². The Balaban J connectivity index is 1.75. The Hall–Kier alpha value is -1.76. The smallest absolute Gasteiger partial charge is 0.247 e. The molecule has 1 aromatic rings. The molecule has 5 nitrogen and oxygen atoms in total. The second-order valence-corrected chi connectivity index (χ2v) is 7.25. The molecule has 7 heteroatoms. The number of nitrogens with one attached hydrogen (secondary N) is 1. The molecule has 3 amide bonds. The summed E-state index contributed by atoms with van der Waals surface area (Å²) >= 11 is 3.15. The van der Waals surface area contributed by atoms with Crippen LogP contribution in [0.3, 0.4) is 0 Å². The third kappa shape index (κ3) is 2.97. The Bertz CT molecular complexity index is 685. The lowest BCUT2D eigenvalue weighted by atomic mass is 9.81. The highest BCUT2D eigenvalue weighted by Crippen LogP contribution is 2.39. The van der Waals surface area contributed by atoms with E-state index in [9.17, 15) is 18.8 Å². The highest BCUT2D eigenvalue weighted by Gasteiger charge is 2.50. The summed E-state index contributed by atoms with van der Waals surface area (Å²) < 4.78 is 14.4. The van der Waals surface area contributed by atoms with Crippen LogP contribution in [0.15, 0.2) is 22.7 Å². The van der Waals surface area contributed by atoms with Crippen molar-refractivity contribution in [3.63, 3.8) is 0 Å². The summed E-state index contributed by atoms with van der Waals surface area (Å²) in [4.78, 5) is 38.5. The SMILES string of the molecule is CC(C(=O)Nc1ccc(Br)cc1F)N1C(=O)C2CCCCC2C1=O. The van der Waals surface area contributed by atoms with Gasteiger partial charge < -0.3 is 5.32 Å². The molecule has 1 saturated carbocycles. The van der Waals surface area contributed by atoms with Gasteiger partial charge in [-0.1, -0.05) is 28.8 Å². The Morgan fingerprint density at radius 2 is 1.83 bits per heavy atom. The standard InChI is InChI=1S/C17H18BrFN2O3/c1-9(15(22)20-14-7-6-10(18)8-13(14)19)21-16(23)11-4-2-3-5-12(11)17(21)24/h6-9,11-12H,2-5H2,1H3,(H,20,22). The summed E-state index contributed by atoms with van der Waals surface area (Å²) in [5.41, 5.74) is 0.0200. The number of imide groups is 1. The van der Waals surface area contributed by atoms with Gasteiger partial charge in [0.1, 0.15) is 11.9 Å². The van der Waals surface area contributed by atoms with Gasteiger partial charge in [-0.2, -0.15) is 0 Å². The van der Waals surface area contributed by atoms with Crippen LogP contribution >= 0.6 is 15.9 Å². The van der Waals surface area contributed by atoms with Crippen molar-refractivity contribution < 1.29 is 18.8 Å². The number of amides is 3. The van der Waals surface area contributed by atoms with E-state index in [1.54, 1.807) is 6.07 Å². The van der Waals surface area contributed by atoms with Gasteiger partial charge in [0.2, 0.25) is 17.7 Å². The number of hydrogen-bond acceptors (Lipinski definition) is 3. The zero-order chi connectivity index (χ0) is 17.4. The lowest BCUT2D eigenvalue weighted by Crippen LogP contribution is -2.46. The summed E-state index contributed by atoms with van der Waals surface area (Å²) in [5.74, 6) is -2.31. The molecule has 2 fully saturated rings. The third-order valence-electron chi connectivity index (χ3n) is 4.83. The average Bonchev–Trinajstić information content (AvgIpc) is 2.81. The molecule has 3 unspecified atom stereocenters. The van der Waals surface area contributed by atoms with Crippen LogP contribution in [0.2, 0.25) is 0 Å². The first kappa shape index (κ1) is 17.1. The fourth-order valence-electron chi connectivity index (χ4n) is 3.51. The van der Waals surface area contributed by atoms with Crippen LogP contribution in [-0.2, 0) is 14.4 Å². The second kappa shape index (κ2) is 6.63. The summed E-state index contributed by atoms with van der Waals surface area (Å²) in [5, 5.41) is 2.46. The predicted octanol–water partition coefficient (Wildman–Crippen LogP) is 3.09. The molecule has 24 heavy (non-hydrogen) atoms. The summed E-state index contributed by atoms with van der Waals surface area (Å²) in [6.45, 7) is 1.50. The molecule has 3 atom stereocenters. The lowest BCUT2D eigenvalue weighted by molar-refractivity contribution is -0.146. The van der Waals surface area contributed by atoms with E-state index in [0.717, 1.165) is 17.7 Å². The number of anilines is 1. The van der Waals surface area contributed by atoms with Gasteiger partial charge in [-0.05, 0) is 38.0 Å². The van der Waals surface area contributed by atoms with Gasteiger partial charge in [0.25, 0.3) is 0 Å². The predicted molar refractivity (Wildman–Crippen MR) is 89.5 cm³/mol. The molecule has 0 aromatic heterocycles. The fraction of sp³-hybridized carbons (Fsp3) is 0.471. The second-order valence-electron chi connectivity index (χ2n) is 6.33. The molecule has 1 heterocycles. The van der Waals surface area contributed by atoms with Crippen molar-refractivity contribution in [1.29, 1.82) is 0 Å². The number of carbonyl (C=O) groups is 3. The van der Waals surface area contributed by atoms with Crippen LogP contribution in [0.4, 0.5) is 10.1 Å². The van der Waals surface area contributed by atoms with Gasteiger partial charge in [0.15, 0.2) is 0 Å². The van der Waals surface area contributed by atoms with Crippen LogP contribution in [0.1, 0.15) is 32.6 Å².